The maximum absolute atomic E-state index is 11.7. The number of nitrogens with one attached hydrogen (secondary N) is 1. The quantitative estimate of drug-likeness (QED) is 0.0179. The topological polar surface area (TPSA) is 352 Å². The Bertz CT molecular complexity index is 6320. The molecule has 0 aliphatic heterocycles. The number of aromatic nitrogens is 8. The number of hydrogen-bond acceptors (Lipinski definition) is 24. The van der Waals surface area contributed by atoms with E-state index < -0.39 is 13.2 Å². The lowest BCUT2D eigenvalue weighted by Gasteiger charge is -2.12. The zero-order valence-electron chi connectivity index (χ0n) is 69.7. The summed E-state index contributed by atoms with van der Waals surface area (Å²) < 4.78 is 60.3. The lowest BCUT2D eigenvalue weighted by atomic mass is 10.0. The summed E-state index contributed by atoms with van der Waals surface area (Å²) in [7, 11) is 17.0. The van der Waals surface area contributed by atoms with Gasteiger partial charge in [0.05, 0.1) is 136 Å². The van der Waals surface area contributed by atoms with E-state index in [1.54, 1.807) is 100 Å². The van der Waals surface area contributed by atoms with Gasteiger partial charge in [-0.3, -0.25) is 25.0 Å². The molecule has 0 atom stereocenters. The fourth-order valence-electron chi connectivity index (χ4n) is 11.5. The van der Waals surface area contributed by atoms with Gasteiger partial charge in [0.25, 0.3) is 11.4 Å². The molecular formula is C91H76Cl8N12O15S. The van der Waals surface area contributed by atoms with Gasteiger partial charge in [-0.15, -0.1) is 0 Å². The Labute approximate surface area is 771 Å². The van der Waals surface area contributed by atoms with Gasteiger partial charge in [-0.05, 0) is 91.4 Å². The highest BCUT2D eigenvalue weighted by atomic mass is 36.0. The Morgan fingerprint density at radius 3 is 0.945 bits per heavy atom. The number of ether oxygens (including phenoxy) is 8. The van der Waals surface area contributed by atoms with Crippen LogP contribution in [0, 0.1) is 95.3 Å². The molecule has 4 aromatic heterocycles. The van der Waals surface area contributed by atoms with E-state index in [2.05, 4.69) is 120 Å². The fourth-order valence-corrected chi connectivity index (χ4v) is 13.3. The number of nitrogens with zero attached hydrogens (tertiary/aromatic N) is 10. The average Bonchev–Trinajstić information content (AvgIpc) is 0.828. The number of rotatable bonds is 20. The second-order valence-corrected chi connectivity index (χ2v) is 32.1. The summed E-state index contributed by atoms with van der Waals surface area (Å²) in [5, 5.41) is 27.1. The lowest BCUT2D eigenvalue weighted by molar-refractivity contribution is -0.385. The van der Waals surface area contributed by atoms with Crippen LogP contribution in [0.25, 0.3) is 0 Å². The number of hydrogen-bond donors (Lipinski definition) is 2. The van der Waals surface area contributed by atoms with Gasteiger partial charge in [-0.2, -0.15) is 8.42 Å². The molecule has 652 valence electrons. The van der Waals surface area contributed by atoms with Gasteiger partial charge in [-0.25, -0.2) is 39.9 Å². The predicted octanol–water partition coefficient (Wildman–Crippen LogP) is 19.3. The van der Waals surface area contributed by atoms with E-state index in [9.17, 15) is 25.0 Å². The van der Waals surface area contributed by atoms with Crippen molar-refractivity contribution in [3.63, 3.8) is 0 Å². The van der Waals surface area contributed by atoms with E-state index in [-0.39, 0.29) is 45.1 Å². The van der Waals surface area contributed by atoms with Crippen molar-refractivity contribution >= 4 is 128 Å². The SMILES string of the molecule is C=CC(=O)Nc1cccc(C)c1Cc1ncc(C#Cc2c(Cl)c(OC)cc(OC)c2Cl)cn1.COc1cc(C#Cc2cnc(Cc3c(C)cccc3[N+](=O)[O-])nc2)cc(OC)c1.COc1cc(OC)c(Cl)c(C#Cc2cnc(Cc3c(C)cccc3N)nc2)c1Cl.COc1cc(OC)c(Cl)c(C#Cc2cnc(Cc3c(C)cccc3[N+](=O)[O-])nc2)c1Cl.O=S(=O)(Cl)Cl. The van der Waals surface area contributed by atoms with Crippen molar-refractivity contribution in [1.82, 2.24) is 39.9 Å². The summed E-state index contributed by atoms with van der Waals surface area (Å²) in [5.41, 5.74) is 18.8. The zero-order chi connectivity index (χ0) is 92.8. The predicted molar refractivity (Wildman–Crippen MR) is 493 cm³/mol. The summed E-state index contributed by atoms with van der Waals surface area (Å²) in [4.78, 5) is 68.3. The molecule has 4 heterocycles. The van der Waals surface area contributed by atoms with Crippen LogP contribution in [0.15, 0.2) is 171 Å². The number of carbonyl (C=O) groups is 1. The summed E-state index contributed by atoms with van der Waals surface area (Å²) in [5.74, 6) is 29.4. The molecular weight excluding hydrogens is 1820 g/mol. The Morgan fingerprint density at radius 2 is 0.661 bits per heavy atom. The minimum atomic E-state index is -3.72. The van der Waals surface area contributed by atoms with Crippen molar-refractivity contribution < 1.29 is 61.0 Å². The minimum absolute atomic E-state index is 0.0451. The van der Waals surface area contributed by atoms with Crippen molar-refractivity contribution in [2.24, 2.45) is 0 Å². The number of halogens is 8. The summed E-state index contributed by atoms with van der Waals surface area (Å²) >= 11 is 38.1. The van der Waals surface area contributed by atoms with Crippen LogP contribution in [0.1, 0.15) is 112 Å². The number of amides is 1. The van der Waals surface area contributed by atoms with Crippen LogP contribution < -0.4 is 48.9 Å². The van der Waals surface area contributed by atoms with Crippen molar-refractivity contribution in [1.29, 1.82) is 0 Å². The number of nitro benzene ring substituents is 2. The Morgan fingerprint density at radius 1 is 0.402 bits per heavy atom. The molecule has 12 aromatic rings. The number of anilines is 2. The zero-order valence-corrected chi connectivity index (χ0v) is 76.6. The molecule has 0 saturated heterocycles. The van der Waals surface area contributed by atoms with Crippen LogP contribution in [-0.4, -0.2) is 121 Å². The van der Waals surface area contributed by atoms with Crippen LogP contribution in [0.4, 0.5) is 22.7 Å². The van der Waals surface area contributed by atoms with Crippen LogP contribution in [-0.2, 0) is 38.7 Å². The van der Waals surface area contributed by atoms with Gasteiger partial charge in [-0.1, -0.05) is 172 Å². The highest BCUT2D eigenvalue weighted by Crippen LogP contribution is 2.43. The van der Waals surface area contributed by atoms with Gasteiger partial charge >= 0.3 is 8.26 Å². The molecule has 0 saturated carbocycles. The summed E-state index contributed by atoms with van der Waals surface area (Å²) in [6.07, 6.45) is 15.6. The molecule has 0 aliphatic carbocycles. The highest BCUT2D eigenvalue weighted by Gasteiger charge is 2.23. The Balaban J connectivity index is 0.000000206. The van der Waals surface area contributed by atoms with Crippen LogP contribution in [0.3, 0.4) is 0 Å². The maximum atomic E-state index is 11.7. The maximum Gasteiger partial charge on any atom is 0.317 e. The number of nitrogen functional groups attached to an aromatic ring is 1. The standard InChI is InChI=1S/C25H21Cl2N3O3.C22H17Cl2N3O4.C22H19Cl2N3O2.C22H19N3O4.Cl2O2S/c1-5-23(31)30-19-8-6-7-15(2)18(19)11-22-28-13-16(14-29-22)9-10-17-24(26)20(32-3)12-21(33-4)25(17)27;1-13-5-4-6-17(27(28)29)16(13)9-20-25-11-14(12-26-20)7-8-15-21(23)18(30-2)10-19(31-3)22(15)24;1-13-5-4-6-17(25)16(13)9-20-26-11-14(12-27-20)7-8-15-21(23)18(28-2)10-19(29-3)22(15)24;1-15-5-4-6-21(25(26)27)20(15)12-22-23-13-17(14-24-22)8-7-16-9-18(28-2)11-19(10-16)29-3;1-5(2,3)4/h5-8,12-14H,1,11H2,2-4H3,(H,30,31);4-6,10-12H,9H2,1-3H3;4-6,10-12H,9,25H2,1-3H3;4-6,9-11,13-14H,12H2,1-3H3;. The molecule has 27 nitrogen and oxygen atoms in total. The summed E-state index contributed by atoms with van der Waals surface area (Å²) in [6, 6.07) is 31.6. The highest BCUT2D eigenvalue weighted by molar-refractivity contribution is 8.31. The van der Waals surface area contributed by atoms with Crippen molar-refractivity contribution in [3.05, 3.63) is 334 Å². The number of methoxy groups -OCH3 is 8. The minimum Gasteiger partial charge on any atom is -0.497 e. The van der Waals surface area contributed by atoms with Crippen LogP contribution in [0.5, 0.6) is 46.0 Å². The van der Waals surface area contributed by atoms with Gasteiger partial charge in [0, 0.05) is 161 Å². The molecule has 36 heteroatoms. The normalized spacial score (nSPS) is 10.2. The van der Waals surface area contributed by atoms with E-state index in [4.69, 9.17) is 122 Å². The van der Waals surface area contributed by atoms with Gasteiger partial charge in [0.1, 0.15) is 69.3 Å². The monoisotopic (exact) mass is 1890 g/mol. The molecule has 127 heavy (non-hydrogen) atoms. The van der Waals surface area contributed by atoms with Gasteiger partial charge in [0.15, 0.2) is 0 Å². The van der Waals surface area contributed by atoms with E-state index in [1.165, 1.54) is 60.9 Å². The molecule has 8 aromatic carbocycles. The molecule has 1 amide bonds. The first-order valence-electron chi connectivity index (χ1n) is 37.0. The van der Waals surface area contributed by atoms with Crippen molar-refractivity contribution in [2.45, 2.75) is 53.4 Å². The van der Waals surface area contributed by atoms with Crippen molar-refractivity contribution in [3.8, 4) is 93.4 Å². The fraction of sp³-hybridized carbons (Fsp3) is 0.176. The smallest absolute Gasteiger partial charge is 0.317 e. The van der Waals surface area contributed by atoms with E-state index >= 15 is 0 Å². The number of carbonyl (C=O) groups excluding carboxylic acids is 1. The number of nitrogens with two attached hydrogens (primary N) is 1. The molecule has 0 aliphatic rings. The van der Waals surface area contributed by atoms with E-state index in [1.807, 2.05) is 88.4 Å². The first-order valence-corrected chi connectivity index (χ1v) is 42.4. The van der Waals surface area contributed by atoms with E-state index in [0.29, 0.717) is 158 Å². The van der Waals surface area contributed by atoms with E-state index in [0.717, 1.165) is 44.6 Å². The molecule has 0 bridgehead atoms. The Kier molecular flexibility index (Phi) is 37.3. The van der Waals surface area contributed by atoms with Crippen LogP contribution >= 0.6 is 91.0 Å². The van der Waals surface area contributed by atoms with Crippen molar-refractivity contribution in [2.75, 3.05) is 67.9 Å². The number of nitro groups is 2. The molecule has 3 N–H and O–H groups in total. The van der Waals surface area contributed by atoms with Gasteiger partial charge in [0.2, 0.25) is 5.91 Å². The molecule has 12 rings (SSSR count). The third kappa shape index (κ3) is 28.4. The lowest BCUT2D eigenvalue weighted by Crippen LogP contribution is -2.11. The molecule has 0 fully saturated rings. The summed E-state index contributed by atoms with van der Waals surface area (Å²) in [6.45, 7) is 11.1. The first kappa shape index (κ1) is 99.2. The molecule has 0 spiro atoms. The molecule has 0 unspecified atom stereocenters. The largest absolute Gasteiger partial charge is 0.497 e. The average molecular weight is 1890 g/mol. The van der Waals surface area contributed by atoms with Crippen LogP contribution in [0.2, 0.25) is 30.1 Å². The third-order valence-electron chi connectivity index (χ3n) is 18.0. The number of aryl methyl sites for hydroxylation is 4. The third-order valence-corrected chi connectivity index (χ3v) is 20.3. The molecule has 0 radical (unpaired) electrons. The first-order chi connectivity index (χ1) is 60.7. The second-order valence-electron chi connectivity index (χ2n) is 26.2. The van der Waals surface area contributed by atoms with Gasteiger partial charge < -0.3 is 48.9 Å². The second kappa shape index (κ2) is 47.8. The number of benzene rings is 8. The Hall–Kier alpha value is -13.2.